The summed E-state index contributed by atoms with van der Waals surface area (Å²) in [5.41, 5.74) is 0.400. The normalized spacial score (nSPS) is 10.9. The summed E-state index contributed by atoms with van der Waals surface area (Å²) in [6.07, 6.45) is -4.34. The molecule has 7 heteroatoms. The van der Waals surface area contributed by atoms with Crippen LogP contribution >= 0.6 is 0 Å². The van der Waals surface area contributed by atoms with Gasteiger partial charge in [0, 0.05) is 6.07 Å². The lowest BCUT2D eigenvalue weighted by Crippen LogP contribution is -2.19. The zero-order valence-corrected chi connectivity index (χ0v) is 10.2. The van der Waals surface area contributed by atoms with Crippen LogP contribution in [-0.4, -0.2) is 33.1 Å². The highest BCUT2D eigenvalue weighted by atomic mass is 19.4. The second-order valence-electron chi connectivity index (χ2n) is 3.49. The van der Waals surface area contributed by atoms with Crippen LogP contribution in [0.4, 0.5) is 13.2 Å². The van der Waals surface area contributed by atoms with E-state index in [9.17, 15) is 13.2 Å². The van der Waals surface area contributed by atoms with Gasteiger partial charge in [-0.05, 0) is 12.1 Å². The van der Waals surface area contributed by atoms with E-state index < -0.39 is 12.8 Å². The fourth-order valence-corrected chi connectivity index (χ4v) is 1.25. The Morgan fingerprint density at radius 3 is 2.53 bits per heavy atom. The molecule has 0 atom stereocenters. The first-order chi connectivity index (χ1) is 8.96. The summed E-state index contributed by atoms with van der Waals surface area (Å²) in [4.78, 5) is 0. The molecule has 0 heterocycles. The number of nitrogens with zero attached hydrogens (tertiary/aromatic N) is 1. The zero-order chi connectivity index (χ0) is 14.3. The summed E-state index contributed by atoms with van der Waals surface area (Å²) in [5, 5.41) is 8.70. The number of hydrogen-bond acceptors (Lipinski definition) is 4. The molecule has 4 nitrogen and oxygen atoms in total. The second-order valence-corrected chi connectivity index (χ2v) is 3.49. The van der Waals surface area contributed by atoms with Crippen LogP contribution in [0.25, 0.3) is 0 Å². The van der Waals surface area contributed by atoms with Crippen molar-refractivity contribution in [1.82, 2.24) is 0 Å². The maximum absolute atomic E-state index is 11.8. The van der Waals surface area contributed by atoms with Crippen LogP contribution in [0.15, 0.2) is 18.2 Å². The van der Waals surface area contributed by atoms with Crippen molar-refractivity contribution in [1.29, 1.82) is 5.26 Å². The third kappa shape index (κ3) is 5.48. The minimum absolute atomic E-state index is 0.0433. The molecule has 0 aliphatic rings. The molecule has 1 aromatic carbocycles. The minimum Gasteiger partial charge on any atom is -0.493 e. The van der Waals surface area contributed by atoms with E-state index in [4.69, 9.17) is 14.7 Å². The molecule has 0 fully saturated rings. The van der Waals surface area contributed by atoms with E-state index in [2.05, 4.69) is 4.74 Å². The van der Waals surface area contributed by atoms with E-state index in [1.165, 1.54) is 25.3 Å². The molecule has 0 aliphatic heterocycles. The van der Waals surface area contributed by atoms with Gasteiger partial charge in [-0.25, -0.2) is 0 Å². The van der Waals surface area contributed by atoms with Crippen LogP contribution < -0.4 is 9.47 Å². The molecule has 0 saturated heterocycles. The monoisotopic (exact) mass is 275 g/mol. The van der Waals surface area contributed by atoms with E-state index in [1.54, 1.807) is 0 Å². The highest BCUT2D eigenvalue weighted by molar-refractivity contribution is 5.46. The Morgan fingerprint density at radius 2 is 1.95 bits per heavy atom. The number of rotatable bonds is 6. The Balaban J connectivity index is 2.43. The van der Waals surface area contributed by atoms with Crippen LogP contribution in [0.2, 0.25) is 0 Å². The first-order valence-electron chi connectivity index (χ1n) is 5.31. The van der Waals surface area contributed by atoms with Crippen molar-refractivity contribution in [3.63, 3.8) is 0 Å². The van der Waals surface area contributed by atoms with Gasteiger partial charge in [-0.2, -0.15) is 18.4 Å². The first kappa shape index (κ1) is 15.1. The molecule has 0 saturated carbocycles. The summed E-state index contributed by atoms with van der Waals surface area (Å²) < 4.78 is 50.0. The van der Waals surface area contributed by atoms with Gasteiger partial charge in [-0.1, -0.05) is 0 Å². The predicted molar refractivity (Wildman–Crippen MR) is 60.1 cm³/mol. The summed E-state index contributed by atoms with van der Waals surface area (Å²) >= 11 is 0. The third-order valence-corrected chi connectivity index (χ3v) is 2.04. The molecule has 0 unspecified atom stereocenters. The SMILES string of the molecule is COc1cc(C#N)ccc1OCCOCC(F)(F)F. The van der Waals surface area contributed by atoms with Gasteiger partial charge in [-0.15, -0.1) is 0 Å². The molecular formula is C12H12F3NO3. The molecule has 0 radical (unpaired) electrons. The van der Waals surface area contributed by atoms with Gasteiger partial charge in [0.25, 0.3) is 0 Å². The number of methoxy groups -OCH3 is 1. The van der Waals surface area contributed by atoms with Gasteiger partial charge in [0.2, 0.25) is 0 Å². The van der Waals surface area contributed by atoms with Crippen molar-refractivity contribution in [2.24, 2.45) is 0 Å². The number of ether oxygens (including phenoxy) is 3. The second kappa shape index (κ2) is 6.85. The summed E-state index contributed by atoms with van der Waals surface area (Å²) in [6, 6.07) is 6.45. The number of nitriles is 1. The van der Waals surface area contributed by atoms with Crippen LogP contribution in [0.3, 0.4) is 0 Å². The van der Waals surface area contributed by atoms with Crippen molar-refractivity contribution in [3.8, 4) is 17.6 Å². The lowest BCUT2D eigenvalue weighted by Gasteiger charge is -2.11. The predicted octanol–water partition coefficient (Wildman–Crippen LogP) is 2.52. The highest BCUT2D eigenvalue weighted by Gasteiger charge is 2.27. The Hall–Kier alpha value is -1.94. The number of halogens is 3. The molecular weight excluding hydrogens is 263 g/mol. The average molecular weight is 275 g/mol. The van der Waals surface area contributed by atoms with Gasteiger partial charge in [0.15, 0.2) is 11.5 Å². The van der Waals surface area contributed by atoms with Gasteiger partial charge >= 0.3 is 6.18 Å². The standard InChI is InChI=1S/C12H12F3NO3/c1-17-11-6-9(7-16)2-3-10(11)19-5-4-18-8-12(13,14)15/h2-3,6H,4-5,8H2,1H3. The van der Waals surface area contributed by atoms with Crippen molar-refractivity contribution < 1.29 is 27.4 Å². The molecule has 0 N–H and O–H groups in total. The molecule has 1 aromatic rings. The lowest BCUT2D eigenvalue weighted by atomic mass is 10.2. The van der Waals surface area contributed by atoms with Crippen molar-refractivity contribution >= 4 is 0 Å². The van der Waals surface area contributed by atoms with Crippen LogP contribution in [0.5, 0.6) is 11.5 Å². The fraction of sp³-hybridized carbons (Fsp3) is 0.417. The quantitative estimate of drug-likeness (QED) is 0.748. The van der Waals surface area contributed by atoms with E-state index in [0.717, 1.165) is 0 Å². The van der Waals surface area contributed by atoms with Gasteiger partial charge in [0.1, 0.15) is 13.2 Å². The summed E-state index contributed by atoms with van der Waals surface area (Å²) in [7, 11) is 1.41. The Morgan fingerprint density at radius 1 is 1.21 bits per heavy atom. The molecule has 19 heavy (non-hydrogen) atoms. The number of alkyl halides is 3. The highest BCUT2D eigenvalue weighted by Crippen LogP contribution is 2.27. The van der Waals surface area contributed by atoms with E-state index >= 15 is 0 Å². The molecule has 0 amide bonds. The molecule has 0 aliphatic carbocycles. The molecule has 1 rings (SSSR count). The largest absolute Gasteiger partial charge is 0.493 e. The summed E-state index contributed by atoms with van der Waals surface area (Å²) in [6.45, 7) is -1.54. The average Bonchev–Trinajstić information content (AvgIpc) is 2.37. The van der Waals surface area contributed by atoms with E-state index in [1.807, 2.05) is 6.07 Å². The van der Waals surface area contributed by atoms with Crippen LogP contribution in [0.1, 0.15) is 5.56 Å². The number of hydrogen-bond donors (Lipinski definition) is 0. The van der Waals surface area contributed by atoms with Crippen LogP contribution in [-0.2, 0) is 4.74 Å². The molecule has 0 bridgehead atoms. The summed E-state index contributed by atoms with van der Waals surface area (Å²) in [5.74, 6) is 0.687. The van der Waals surface area contributed by atoms with Gasteiger partial charge < -0.3 is 14.2 Å². The first-order valence-corrected chi connectivity index (χ1v) is 5.31. The maximum Gasteiger partial charge on any atom is 0.411 e. The maximum atomic E-state index is 11.8. The van der Waals surface area contributed by atoms with Gasteiger partial charge in [0.05, 0.1) is 25.3 Å². The topological polar surface area (TPSA) is 51.5 Å². The minimum atomic E-state index is -4.34. The smallest absolute Gasteiger partial charge is 0.411 e. The lowest BCUT2D eigenvalue weighted by molar-refractivity contribution is -0.175. The van der Waals surface area contributed by atoms with Crippen LogP contribution in [0, 0.1) is 11.3 Å². The van der Waals surface area contributed by atoms with Crippen molar-refractivity contribution in [3.05, 3.63) is 23.8 Å². The van der Waals surface area contributed by atoms with Crippen molar-refractivity contribution in [2.45, 2.75) is 6.18 Å². The van der Waals surface area contributed by atoms with Crippen molar-refractivity contribution in [2.75, 3.05) is 26.9 Å². The van der Waals surface area contributed by atoms with Gasteiger partial charge in [-0.3, -0.25) is 0 Å². The van der Waals surface area contributed by atoms with E-state index in [-0.39, 0.29) is 13.2 Å². The Bertz CT molecular complexity index is 455. The fourth-order valence-electron chi connectivity index (χ4n) is 1.25. The molecule has 104 valence electrons. The zero-order valence-electron chi connectivity index (χ0n) is 10.2. The Labute approximate surface area is 108 Å². The third-order valence-electron chi connectivity index (χ3n) is 2.04. The molecule has 0 spiro atoms. The number of benzene rings is 1. The Kier molecular flexibility index (Phi) is 5.45. The molecule has 0 aromatic heterocycles. The van der Waals surface area contributed by atoms with E-state index in [0.29, 0.717) is 17.1 Å².